The van der Waals surface area contributed by atoms with Gasteiger partial charge in [-0.15, -0.1) is 0 Å². The summed E-state index contributed by atoms with van der Waals surface area (Å²) in [6.07, 6.45) is 3.07. The maximum atomic E-state index is 13.9. The fraction of sp³-hybridized carbons (Fsp3) is 0.385. The molecular formula is C26H29FN2O3. The van der Waals surface area contributed by atoms with Gasteiger partial charge in [-0.05, 0) is 66.5 Å². The number of aryl methyl sites for hydroxylation is 1. The first-order valence-electron chi connectivity index (χ1n) is 11.2. The van der Waals surface area contributed by atoms with Crippen molar-refractivity contribution in [3.05, 3.63) is 70.7 Å². The van der Waals surface area contributed by atoms with Gasteiger partial charge in [-0.3, -0.25) is 9.59 Å². The average Bonchev–Trinajstić information content (AvgIpc) is 3.04. The van der Waals surface area contributed by atoms with Crippen molar-refractivity contribution >= 4 is 22.8 Å². The van der Waals surface area contributed by atoms with Crippen LogP contribution in [0.2, 0.25) is 0 Å². The van der Waals surface area contributed by atoms with Crippen molar-refractivity contribution in [3.63, 3.8) is 0 Å². The molecule has 1 amide bonds. The zero-order chi connectivity index (χ0) is 22.8. The molecule has 5 nitrogen and oxygen atoms in total. The van der Waals surface area contributed by atoms with Gasteiger partial charge in [-0.25, -0.2) is 4.39 Å². The van der Waals surface area contributed by atoms with Crippen molar-refractivity contribution < 1.29 is 19.1 Å². The molecule has 4 rings (SSSR count). The highest BCUT2D eigenvalue weighted by Gasteiger charge is 2.27. The number of amides is 1. The van der Waals surface area contributed by atoms with E-state index in [1.54, 1.807) is 10.6 Å². The lowest BCUT2D eigenvalue weighted by atomic mass is 9.91. The van der Waals surface area contributed by atoms with Gasteiger partial charge in [0.2, 0.25) is 5.91 Å². The van der Waals surface area contributed by atoms with Crippen LogP contribution < -0.4 is 5.32 Å². The summed E-state index contributed by atoms with van der Waals surface area (Å²) >= 11 is 0. The van der Waals surface area contributed by atoms with Crippen molar-refractivity contribution in [3.8, 4) is 0 Å². The van der Waals surface area contributed by atoms with Gasteiger partial charge in [0.05, 0.1) is 0 Å². The molecule has 0 saturated carbocycles. The Labute approximate surface area is 187 Å². The lowest BCUT2D eigenvalue weighted by Crippen LogP contribution is -2.39. The molecule has 1 atom stereocenters. The van der Waals surface area contributed by atoms with Crippen LogP contribution in [0.3, 0.4) is 0 Å². The van der Waals surface area contributed by atoms with Crippen LogP contribution in [0.4, 0.5) is 4.39 Å². The third-order valence-electron chi connectivity index (χ3n) is 6.37. The second-order valence-corrected chi connectivity index (χ2v) is 8.97. The molecule has 0 unspecified atom stereocenters. The zero-order valence-electron chi connectivity index (χ0n) is 18.5. The lowest BCUT2D eigenvalue weighted by molar-refractivity contribution is -0.137. The molecule has 32 heavy (non-hydrogen) atoms. The lowest BCUT2D eigenvalue weighted by Gasteiger charge is -2.25. The number of nitrogens with zero attached hydrogens (tertiary/aromatic N) is 1. The number of carboxylic acid groups (broad SMARTS) is 1. The third kappa shape index (κ3) is 4.69. The van der Waals surface area contributed by atoms with E-state index in [1.165, 1.54) is 17.7 Å². The van der Waals surface area contributed by atoms with Crippen molar-refractivity contribution in [2.24, 2.45) is 0 Å². The van der Waals surface area contributed by atoms with Crippen molar-refractivity contribution in [2.45, 2.75) is 64.5 Å². The summed E-state index contributed by atoms with van der Waals surface area (Å²) in [5, 5.41) is 13.2. The van der Waals surface area contributed by atoms with E-state index in [1.807, 2.05) is 0 Å². The first kappa shape index (κ1) is 22.1. The summed E-state index contributed by atoms with van der Waals surface area (Å²) < 4.78 is 15.7. The molecule has 168 valence electrons. The van der Waals surface area contributed by atoms with Crippen molar-refractivity contribution in [1.82, 2.24) is 9.88 Å². The Bertz CT molecular complexity index is 1150. The fourth-order valence-corrected chi connectivity index (χ4v) is 4.69. The van der Waals surface area contributed by atoms with Gasteiger partial charge in [-0.1, -0.05) is 38.1 Å². The van der Waals surface area contributed by atoms with Gasteiger partial charge < -0.3 is 15.0 Å². The van der Waals surface area contributed by atoms with Crippen LogP contribution in [-0.4, -0.2) is 27.6 Å². The van der Waals surface area contributed by atoms with E-state index in [2.05, 4.69) is 43.4 Å². The number of rotatable bonds is 7. The molecule has 0 aliphatic heterocycles. The Morgan fingerprint density at radius 1 is 1.19 bits per heavy atom. The first-order chi connectivity index (χ1) is 15.3. The number of carbonyl (C=O) groups excluding carboxylic acids is 1. The highest BCUT2D eigenvalue weighted by atomic mass is 19.1. The number of hydrogen-bond acceptors (Lipinski definition) is 2. The number of nitrogens with one attached hydrogen (secondary N) is 1. The molecule has 2 aromatic carbocycles. The van der Waals surface area contributed by atoms with E-state index in [9.17, 15) is 19.1 Å². The van der Waals surface area contributed by atoms with E-state index >= 15 is 0 Å². The van der Waals surface area contributed by atoms with Crippen LogP contribution >= 0.6 is 0 Å². The minimum Gasteiger partial charge on any atom is -0.480 e. The summed E-state index contributed by atoms with van der Waals surface area (Å²) in [5.74, 6) is -0.779. The maximum Gasteiger partial charge on any atom is 0.323 e. The summed E-state index contributed by atoms with van der Waals surface area (Å²) in [6.45, 7) is 4.17. The molecule has 1 heterocycles. The van der Waals surface area contributed by atoms with Crippen LogP contribution in [0.15, 0.2) is 42.5 Å². The number of halogens is 1. The number of benzene rings is 2. The Hall–Kier alpha value is -3.15. The first-order valence-corrected chi connectivity index (χ1v) is 11.2. The molecule has 2 N–H and O–H groups in total. The molecule has 0 radical (unpaired) electrons. The Kier molecular flexibility index (Phi) is 6.31. The van der Waals surface area contributed by atoms with Gasteiger partial charge in [0, 0.05) is 29.1 Å². The second-order valence-electron chi connectivity index (χ2n) is 8.97. The maximum absolute atomic E-state index is 13.9. The van der Waals surface area contributed by atoms with E-state index in [0.717, 1.165) is 34.1 Å². The Balaban J connectivity index is 1.43. The molecule has 1 aliphatic rings. The fourth-order valence-electron chi connectivity index (χ4n) is 4.69. The topological polar surface area (TPSA) is 71.3 Å². The number of carboxylic acids is 1. The predicted octanol–water partition coefficient (Wildman–Crippen LogP) is 4.59. The molecule has 1 aromatic heterocycles. The smallest absolute Gasteiger partial charge is 0.323 e. The van der Waals surface area contributed by atoms with Gasteiger partial charge in [0.25, 0.3) is 0 Å². The Morgan fingerprint density at radius 2 is 1.94 bits per heavy atom. The van der Waals surface area contributed by atoms with Crippen LogP contribution in [0.5, 0.6) is 0 Å². The molecule has 3 aromatic rings. The number of aliphatic carboxylic acids is 1. The number of carbonyl (C=O) groups is 2. The number of hydrogen-bond donors (Lipinski definition) is 2. The molecule has 0 saturated heterocycles. The average molecular weight is 437 g/mol. The standard InChI is InChI=1S/C26H29FN2O3/c1-16(2)18-6-3-17(4-7-18)5-12-25(30)28-20-9-11-24-22(14-20)21-13-19(27)8-10-23(21)29(24)15-26(31)32/h3-4,6-8,10,13,16,20H,5,9,11-12,14-15H2,1-2H3,(H,28,30)(H,31,32)/t20-/m0/s1. The van der Waals surface area contributed by atoms with Gasteiger partial charge >= 0.3 is 5.97 Å². The van der Waals surface area contributed by atoms with Crippen LogP contribution in [0.1, 0.15) is 55.0 Å². The minimum atomic E-state index is -0.925. The van der Waals surface area contributed by atoms with E-state index in [4.69, 9.17) is 0 Å². The van der Waals surface area contributed by atoms with Crippen LogP contribution in [0, 0.1) is 5.82 Å². The number of fused-ring (bicyclic) bond motifs is 3. The van der Waals surface area contributed by atoms with E-state index in [0.29, 0.717) is 31.6 Å². The molecule has 6 heteroatoms. The predicted molar refractivity (Wildman–Crippen MR) is 122 cm³/mol. The van der Waals surface area contributed by atoms with Crippen molar-refractivity contribution in [1.29, 1.82) is 0 Å². The Morgan fingerprint density at radius 3 is 2.62 bits per heavy atom. The summed E-state index contributed by atoms with van der Waals surface area (Å²) in [5.41, 5.74) is 5.04. The van der Waals surface area contributed by atoms with Crippen molar-refractivity contribution in [2.75, 3.05) is 0 Å². The molecule has 0 fully saturated rings. The van der Waals surface area contributed by atoms with E-state index < -0.39 is 5.97 Å². The number of aromatic nitrogens is 1. The summed E-state index contributed by atoms with van der Waals surface area (Å²) in [6, 6.07) is 12.8. The summed E-state index contributed by atoms with van der Waals surface area (Å²) in [7, 11) is 0. The normalized spacial score (nSPS) is 15.7. The van der Waals surface area contributed by atoms with Gasteiger partial charge in [-0.2, -0.15) is 0 Å². The second kappa shape index (κ2) is 9.15. The minimum absolute atomic E-state index is 0.00633. The highest BCUT2D eigenvalue weighted by Crippen LogP contribution is 2.33. The highest BCUT2D eigenvalue weighted by molar-refractivity contribution is 5.87. The van der Waals surface area contributed by atoms with Crippen LogP contribution in [0.25, 0.3) is 10.9 Å². The van der Waals surface area contributed by atoms with E-state index in [-0.39, 0.29) is 24.3 Å². The van der Waals surface area contributed by atoms with Gasteiger partial charge in [0.15, 0.2) is 0 Å². The zero-order valence-corrected chi connectivity index (χ0v) is 18.5. The monoisotopic (exact) mass is 436 g/mol. The molecule has 1 aliphatic carbocycles. The molecule has 0 spiro atoms. The third-order valence-corrected chi connectivity index (χ3v) is 6.37. The molecule has 0 bridgehead atoms. The van der Waals surface area contributed by atoms with Gasteiger partial charge in [0.1, 0.15) is 12.4 Å². The summed E-state index contributed by atoms with van der Waals surface area (Å²) in [4.78, 5) is 23.9. The largest absolute Gasteiger partial charge is 0.480 e. The molecular weight excluding hydrogens is 407 g/mol. The quantitative estimate of drug-likeness (QED) is 0.569. The van der Waals surface area contributed by atoms with Crippen LogP contribution in [-0.2, 0) is 35.4 Å². The SMILES string of the molecule is CC(C)c1ccc(CCC(=O)N[C@H]2CCc3c(c4cc(F)ccc4n3CC(=O)O)C2)cc1.